The van der Waals surface area contributed by atoms with Crippen molar-refractivity contribution in [3.8, 4) is 6.07 Å². The topological polar surface area (TPSA) is 30.3 Å². The highest BCUT2D eigenvalue weighted by Crippen LogP contribution is 1.92. The van der Waals surface area contributed by atoms with Gasteiger partial charge in [-0.05, 0) is 28.1 Å². The Balaban J connectivity index is 3.53. The molecule has 64 valence electrons. The largest absolute Gasteiger partial charge is 0.308 e. The van der Waals surface area contributed by atoms with E-state index in [9.17, 15) is 0 Å². The van der Waals surface area contributed by atoms with Crippen molar-refractivity contribution >= 4 is 0 Å². The molecule has 0 aromatic rings. The van der Waals surface area contributed by atoms with Gasteiger partial charge in [0.2, 0.25) is 0 Å². The number of hydrogen-bond donors (Lipinski definition) is 0. The van der Waals surface area contributed by atoms with Crippen LogP contribution >= 0.6 is 0 Å². The number of likely N-dealkylation sites (N-methyl/N-ethyl adjacent to an activating group) is 2. The van der Waals surface area contributed by atoms with Crippen LogP contribution in [-0.4, -0.2) is 50.1 Å². The first-order chi connectivity index (χ1) is 5.07. The van der Waals surface area contributed by atoms with Gasteiger partial charge < -0.3 is 4.90 Å². The molecule has 0 amide bonds. The van der Waals surface area contributed by atoms with E-state index in [1.807, 2.05) is 33.0 Å². The molecule has 1 atom stereocenters. The molecule has 1 unspecified atom stereocenters. The predicted molar refractivity (Wildman–Crippen MR) is 46.3 cm³/mol. The van der Waals surface area contributed by atoms with Crippen LogP contribution in [-0.2, 0) is 0 Å². The summed E-state index contributed by atoms with van der Waals surface area (Å²) < 4.78 is 0. The van der Waals surface area contributed by atoms with E-state index in [1.54, 1.807) is 0 Å². The Bertz CT molecular complexity index is 137. The highest BCUT2D eigenvalue weighted by Gasteiger charge is 2.06. The van der Waals surface area contributed by atoms with Crippen LogP contribution < -0.4 is 0 Å². The van der Waals surface area contributed by atoms with Gasteiger partial charge in [-0.2, -0.15) is 5.26 Å². The SMILES string of the molecule is CC(C#N)N(C)CCN(C)C. The average molecular weight is 155 g/mol. The fraction of sp³-hybridized carbons (Fsp3) is 0.875. The monoisotopic (exact) mass is 155 g/mol. The predicted octanol–water partition coefficient (Wildman–Crippen LogP) is 0.392. The van der Waals surface area contributed by atoms with Crippen molar-refractivity contribution in [1.29, 1.82) is 5.26 Å². The zero-order chi connectivity index (χ0) is 8.85. The van der Waals surface area contributed by atoms with E-state index in [0.717, 1.165) is 13.1 Å². The molecule has 0 fully saturated rings. The summed E-state index contributed by atoms with van der Waals surface area (Å²) in [6.45, 7) is 3.86. The van der Waals surface area contributed by atoms with Gasteiger partial charge in [0.15, 0.2) is 0 Å². The molecule has 0 radical (unpaired) electrons. The Hall–Kier alpha value is -0.590. The van der Waals surface area contributed by atoms with Gasteiger partial charge in [0.1, 0.15) is 0 Å². The van der Waals surface area contributed by atoms with Gasteiger partial charge in [-0.15, -0.1) is 0 Å². The molecule has 0 aliphatic rings. The second-order valence-corrected chi connectivity index (χ2v) is 3.09. The van der Waals surface area contributed by atoms with E-state index >= 15 is 0 Å². The normalized spacial score (nSPS) is 13.5. The van der Waals surface area contributed by atoms with Crippen molar-refractivity contribution < 1.29 is 0 Å². The van der Waals surface area contributed by atoms with Gasteiger partial charge in [0.05, 0.1) is 12.1 Å². The molecular formula is C8H17N3. The number of nitrogens with zero attached hydrogens (tertiary/aromatic N) is 3. The van der Waals surface area contributed by atoms with Crippen LogP contribution in [0, 0.1) is 11.3 Å². The highest BCUT2D eigenvalue weighted by atomic mass is 15.2. The molecule has 0 bridgehead atoms. The molecule has 3 heteroatoms. The number of rotatable bonds is 4. The summed E-state index contributed by atoms with van der Waals surface area (Å²) in [7, 11) is 6.03. The van der Waals surface area contributed by atoms with Crippen LogP contribution in [0.4, 0.5) is 0 Å². The second kappa shape index (κ2) is 5.11. The maximum Gasteiger partial charge on any atom is 0.0947 e. The summed E-state index contributed by atoms with van der Waals surface area (Å²) in [5.74, 6) is 0. The highest BCUT2D eigenvalue weighted by molar-refractivity contribution is 4.86. The smallest absolute Gasteiger partial charge is 0.0947 e. The molecule has 11 heavy (non-hydrogen) atoms. The summed E-state index contributed by atoms with van der Waals surface area (Å²) in [5.41, 5.74) is 0. The average Bonchev–Trinajstić information content (AvgIpc) is 1.98. The molecule has 0 aromatic heterocycles. The van der Waals surface area contributed by atoms with E-state index in [4.69, 9.17) is 5.26 Å². The van der Waals surface area contributed by atoms with Crippen molar-refractivity contribution in [2.45, 2.75) is 13.0 Å². The first-order valence-electron chi connectivity index (χ1n) is 3.82. The number of hydrogen-bond acceptors (Lipinski definition) is 3. The van der Waals surface area contributed by atoms with Crippen LogP contribution in [0.25, 0.3) is 0 Å². The van der Waals surface area contributed by atoms with Crippen molar-refractivity contribution in [2.75, 3.05) is 34.2 Å². The third-order valence-electron chi connectivity index (χ3n) is 1.75. The molecular weight excluding hydrogens is 138 g/mol. The maximum atomic E-state index is 8.57. The van der Waals surface area contributed by atoms with E-state index in [0.29, 0.717) is 0 Å². The lowest BCUT2D eigenvalue weighted by Crippen LogP contribution is -2.34. The molecule has 0 saturated heterocycles. The third kappa shape index (κ3) is 4.77. The molecule has 0 N–H and O–H groups in total. The summed E-state index contributed by atoms with van der Waals surface area (Å²) in [5, 5.41) is 8.57. The molecule has 0 saturated carbocycles. The summed E-state index contributed by atoms with van der Waals surface area (Å²) >= 11 is 0. The van der Waals surface area contributed by atoms with Gasteiger partial charge in [-0.3, -0.25) is 4.90 Å². The Morgan fingerprint density at radius 3 is 2.18 bits per heavy atom. The molecule has 0 heterocycles. The van der Waals surface area contributed by atoms with E-state index < -0.39 is 0 Å². The van der Waals surface area contributed by atoms with Gasteiger partial charge in [-0.1, -0.05) is 0 Å². The van der Waals surface area contributed by atoms with Gasteiger partial charge in [-0.25, -0.2) is 0 Å². The minimum Gasteiger partial charge on any atom is -0.308 e. The zero-order valence-corrected chi connectivity index (χ0v) is 7.83. The van der Waals surface area contributed by atoms with Gasteiger partial charge in [0, 0.05) is 13.1 Å². The maximum absolute atomic E-state index is 8.57. The lowest BCUT2D eigenvalue weighted by molar-refractivity contribution is 0.261. The standard InChI is InChI=1S/C8H17N3/c1-8(7-9)11(4)6-5-10(2)3/h8H,5-6H2,1-4H3. The van der Waals surface area contributed by atoms with Crippen LogP contribution in [0.2, 0.25) is 0 Å². The minimum atomic E-state index is 0.0231. The Kier molecular flexibility index (Phi) is 4.84. The van der Waals surface area contributed by atoms with Crippen molar-refractivity contribution in [3.63, 3.8) is 0 Å². The van der Waals surface area contributed by atoms with Crippen molar-refractivity contribution in [1.82, 2.24) is 9.80 Å². The van der Waals surface area contributed by atoms with Crippen LogP contribution in [0.15, 0.2) is 0 Å². The van der Waals surface area contributed by atoms with E-state index in [-0.39, 0.29) is 6.04 Å². The number of nitriles is 1. The Morgan fingerprint density at radius 1 is 1.27 bits per heavy atom. The Labute approximate surface area is 69.2 Å². The lowest BCUT2D eigenvalue weighted by Gasteiger charge is -2.20. The van der Waals surface area contributed by atoms with Crippen LogP contribution in [0.5, 0.6) is 0 Å². The van der Waals surface area contributed by atoms with Gasteiger partial charge >= 0.3 is 0 Å². The van der Waals surface area contributed by atoms with Crippen molar-refractivity contribution in [3.05, 3.63) is 0 Å². The van der Waals surface area contributed by atoms with E-state index in [1.165, 1.54) is 0 Å². The molecule has 0 spiro atoms. The van der Waals surface area contributed by atoms with Crippen LogP contribution in [0.1, 0.15) is 6.92 Å². The first kappa shape index (κ1) is 10.4. The van der Waals surface area contributed by atoms with Crippen LogP contribution in [0.3, 0.4) is 0 Å². The lowest BCUT2D eigenvalue weighted by atomic mass is 10.3. The quantitative estimate of drug-likeness (QED) is 0.588. The zero-order valence-electron chi connectivity index (χ0n) is 7.83. The summed E-state index contributed by atoms with van der Waals surface area (Å²) in [4.78, 5) is 4.15. The second-order valence-electron chi connectivity index (χ2n) is 3.09. The molecule has 0 aliphatic carbocycles. The van der Waals surface area contributed by atoms with Gasteiger partial charge in [0.25, 0.3) is 0 Å². The fourth-order valence-electron chi connectivity index (χ4n) is 0.650. The molecule has 0 aliphatic heterocycles. The Morgan fingerprint density at radius 2 is 1.82 bits per heavy atom. The van der Waals surface area contributed by atoms with Crippen molar-refractivity contribution in [2.24, 2.45) is 0 Å². The summed E-state index contributed by atoms with van der Waals surface area (Å²) in [6, 6.07) is 2.22. The molecule has 0 rings (SSSR count). The minimum absolute atomic E-state index is 0.0231. The first-order valence-corrected chi connectivity index (χ1v) is 3.82. The summed E-state index contributed by atoms with van der Waals surface area (Å²) in [6.07, 6.45) is 0. The fourth-order valence-corrected chi connectivity index (χ4v) is 0.650. The molecule has 0 aromatic carbocycles. The third-order valence-corrected chi connectivity index (χ3v) is 1.75. The van der Waals surface area contributed by atoms with E-state index in [2.05, 4.69) is 11.0 Å². The molecule has 3 nitrogen and oxygen atoms in total.